The molecule has 1 aliphatic carbocycles. The first-order valence-corrected chi connectivity index (χ1v) is 8.01. The second-order valence-corrected chi connectivity index (χ2v) is 6.23. The maximum absolute atomic E-state index is 12.1. The zero-order valence-corrected chi connectivity index (χ0v) is 13.3. The van der Waals surface area contributed by atoms with Crippen molar-refractivity contribution in [1.82, 2.24) is 0 Å². The van der Waals surface area contributed by atoms with Gasteiger partial charge in [0, 0.05) is 11.9 Å². The van der Waals surface area contributed by atoms with Gasteiger partial charge in [0.15, 0.2) is 0 Å². The van der Waals surface area contributed by atoms with E-state index >= 15 is 0 Å². The molecule has 0 aromatic heterocycles. The highest BCUT2D eigenvalue weighted by Crippen LogP contribution is 2.42. The van der Waals surface area contributed by atoms with Crippen LogP contribution in [0.25, 0.3) is 0 Å². The second-order valence-electron chi connectivity index (χ2n) is 6.23. The Balaban J connectivity index is 2.07. The average Bonchev–Trinajstić information content (AvgIpc) is 2.56. The molecule has 1 fully saturated rings. The number of ether oxygens (including phenoxy) is 1. The van der Waals surface area contributed by atoms with E-state index in [1.54, 1.807) is 0 Å². The van der Waals surface area contributed by atoms with Crippen molar-refractivity contribution in [1.29, 1.82) is 0 Å². The fourth-order valence-electron chi connectivity index (χ4n) is 3.70. The van der Waals surface area contributed by atoms with E-state index in [1.165, 1.54) is 26.4 Å². The van der Waals surface area contributed by atoms with Crippen molar-refractivity contribution in [3.63, 3.8) is 0 Å². The molecule has 0 bridgehead atoms. The van der Waals surface area contributed by atoms with Crippen LogP contribution in [0.15, 0.2) is 53.8 Å². The predicted octanol–water partition coefficient (Wildman–Crippen LogP) is 4.21. The lowest BCUT2D eigenvalue weighted by Gasteiger charge is -2.47. The highest BCUT2D eigenvalue weighted by molar-refractivity contribution is 5.94. The van der Waals surface area contributed by atoms with Crippen LogP contribution >= 0.6 is 0 Å². The number of para-hydroxylation sites is 1. The van der Waals surface area contributed by atoms with Gasteiger partial charge >= 0.3 is 5.97 Å². The van der Waals surface area contributed by atoms with Crippen molar-refractivity contribution < 1.29 is 9.53 Å². The third-order valence-electron chi connectivity index (χ3n) is 4.81. The molecule has 0 radical (unpaired) electrons. The van der Waals surface area contributed by atoms with Gasteiger partial charge in [-0.25, -0.2) is 4.79 Å². The number of benzene rings is 1. The van der Waals surface area contributed by atoms with Crippen molar-refractivity contribution >= 4 is 11.7 Å². The lowest BCUT2D eigenvalue weighted by Crippen LogP contribution is -2.48. The van der Waals surface area contributed by atoms with Gasteiger partial charge in [-0.05, 0) is 37.5 Å². The fraction of sp³-hybridized carbons (Fsp3) is 0.421. The Morgan fingerprint density at radius 1 is 1.14 bits per heavy atom. The highest BCUT2D eigenvalue weighted by atomic mass is 16.5. The van der Waals surface area contributed by atoms with Crippen molar-refractivity contribution in [2.24, 2.45) is 0 Å². The molecule has 1 heterocycles. The van der Waals surface area contributed by atoms with E-state index in [9.17, 15) is 4.79 Å². The third-order valence-corrected chi connectivity index (χ3v) is 4.81. The first-order chi connectivity index (χ1) is 10.7. The average molecular weight is 297 g/mol. The molecule has 3 heteroatoms. The normalized spacial score (nSPS) is 20.4. The molecule has 1 aliphatic heterocycles. The summed E-state index contributed by atoms with van der Waals surface area (Å²) < 4.78 is 4.95. The van der Waals surface area contributed by atoms with Gasteiger partial charge in [0.2, 0.25) is 0 Å². The van der Waals surface area contributed by atoms with Crippen LogP contribution in [0.3, 0.4) is 0 Å². The zero-order valence-electron chi connectivity index (χ0n) is 13.3. The summed E-state index contributed by atoms with van der Waals surface area (Å²) in [5, 5.41) is 0. The summed E-state index contributed by atoms with van der Waals surface area (Å²) in [6.07, 6.45) is 10.3. The SMILES string of the molecule is COC(=O)C1=CN(c2ccccc2)C2(C=C1C)CCCCC2. The van der Waals surface area contributed by atoms with Gasteiger partial charge in [-0.3, -0.25) is 0 Å². The van der Waals surface area contributed by atoms with E-state index in [0.29, 0.717) is 5.57 Å². The van der Waals surface area contributed by atoms with Crippen molar-refractivity contribution in [2.45, 2.75) is 44.6 Å². The van der Waals surface area contributed by atoms with Crippen LogP contribution in [-0.4, -0.2) is 18.6 Å². The van der Waals surface area contributed by atoms with Crippen LogP contribution in [0.1, 0.15) is 39.0 Å². The summed E-state index contributed by atoms with van der Waals surface area (Å²) in [7, 11) is 1.44. The topological polar surface area (TPSA) is 29.5 Å². The van der Waals surface area contributed by atoms with E-state index in [4.69, 9.17) is 4.74 Å². The second kappa shape index (κ2) is 5.99. The summed E-state index contributed by atoms with van der Waals surface area (Å²) in [4.78, 5) is 14.4. The Labute approximate surface area is 132 Å². The minimum absolute atomic E-state index is 0.00120. The summed E-state index contributed by atoms with van der Waals surface area (Å²) in [5.41, 5.74) is 2.82. The number of methoxy groups -OCH3 is 1. The molecular formula is C19H23NO2. The molecule has 116 valence electrons. The molecule has 0 amide bonds. The van der Waals surface area contributed by atoms with E-state index in [-0.39, 0.29) is 11.5 Å². The number of rotatable bonds is 2. The van der Waals surface area contributed by atoms with Gasteiger partial charge in [0.1, 0.15) is 0 Å². The molecule has 1 aromatic carbocycles. The molecule has 2 aliphatic rings. The van der Waals surface area contributed by atoms with Crippen LogP contribution in [0, 0.1) is 0 Å². The zero-order chi connectivity index (χ0) is 15.6. The van der Waals surface area contributed by atoms with Gasteiger partial charge in [-0.1, -0.05) is 43.5 Å². The Morgan fingerprint density at radius 2 is 1.82 bits per heavy atom. The lowest BCUT2D eigenvalue weighted by molar-refractivity contribution is -0.135. The summed E-state index contributed by atoms with van der Waals surface area (Å²) in [5.74, 6) is -0.264. The maximum Gasteiger partial charge on any atom is 0.339 e. The molecular weight excluding hydrogens is 274 g/mol. The summed E-state index contributed by atoms with van der Waals surface area (Å²) in [6, 6.07) is 10.3. The first-order valence-electron chi connectivity index (χ1n) is 8.01. The molecule has 0 atom stereocenters. The van der Waals surface area contributed by atoms with Gasteiger partial charge in [0.05, 0.1) is 18.2 Å². The monoisotopic (exact) mass is 297 g/mol. The number of anilines is 1. The van der Waals surface area contributed by atoms with E-state index in [0.717, 1.165) is 24.1 Å². The Kier molecular flexibility index (Phi) is 4.06. The standard InChI is InChI=1S/C19H23NO2/c1-15-13-19(11-7-4-8-12-19)20(14-17(15)18(21)22-2)16-9-5-3-6-10-16/h3,5-6,9-10,13-14H,4,7-8,11-12H2,1-2H3. The molecule has 22 heavy (non-hydrogen) atoms. The van der Waals surface area contributed by atoms with Crippen molar-refractivity contribution in [3.8, 4) is 0 Å². The van der Waals surface area contributed by atoms with Crippen molar-refractivity contribution in [2.75, 3.05) is 12.0 Å². The molecule has 0 N–H and O–H groups in total. The molecule has 1 spiro atoms. The molecule has 0 saturated heterocycles. The van der Waals surface area contributed by atoms with Gasteiger partial charge in [-0.2, -0.15) is 0 Å². The first kappa shape index (κ1) is 14.9. The van der Waals surface area contributed by atoms with E-state index in [1.807, 2.05) is 31.3 Å². The summed E-state index contributed by atoms with van der Waals surface area (Å²) >= 11 is 0. The van der Waals surface area contributed by atoms with Crippen LogP contribution in [0.5, 0.6) is 0 Å². The Hall–Kier alpha value is -2.03. The number of carbonyl (C=O) groups is 1. The van der Waals surface area contributed by atoms with E-state index in [2.05, 4.69) is 23.1 Å². The minimum atomic E-state index is -0.264. The lowest BCUT2D eigenvalue weighted by atomic mass is 9.76. The summed E-state index contributed by atoms with van der Waals surface area (Å²) in [6.45, 7) is 2.02. The van der Waals surface area contributed by atoms with Crippen molar-refractivity contribution in [3.05, 3.63) is 53.8 Å². The number of nitrogens with zero attached hydrogens (tertiary/aromatic N) is 1. The smallest absolute Gasteiger partial charge is 0.339 e. The minimum Gasteiger partial charge on any atom is -0.465 e. The molecule has 3 rings (SSSR count). The Morgan fingerprint density at radius 3 is 2.45 bits per heavy atom. The van der Waals surface area contributed by atoms with Gasteiger partial charge < -0.3 is 9.64 Å². The molecule has 0 unspecified atom stereocenters. The predicted molar refractivity (Wildman–Crippen MR) is 88.6 cm³/mol. The largest absolute Gasteiger partial charge is 0.465 e. The highest BCUT2D eigenvalue weighted by Gasteiger charge is 2.39. The Bertz CT molecular complexity index is 610. The van der Waals surface area contributed by atoms with Crippen LogP contribution in [0.4, 0.5) is 5.69 Å². The van der Waals surface area contributed by atoms with E-state index < -0.39 is 0 Å². The number of hydrogen-bond acceptors (Lipinski definition) is 3. The van der Waals surface area contributed by atoms with Gasteiger partial charge in [0.25, 0.3) is 0 Å². The van der Waals surface area contributed by atoms with Crippen LogP contribution < -0.4 is 4.90 Å². The van der Waals surface area contributed by atoms with Crippen LogP contribution in [0.2, 0.25) is 0 Å². The number of carbonyl (C=O) groups excluding carboxylic acids is 1. The quantitative estimate of drug-likeness (QED) is 0.766. The number of hydrogen-bond donors (Lipinski definition) is 0. The number of esters is 1. The molecule has 1 saturated carbocycles. The maximum atomic E-state index is 12.1. The fourth-order valence-corrected chi connectivity index (χ4v) is 3.70. The molecule has 1 aromatic rings. The van der Waals surface area contributed by atoms with Crippen LogP contribution in [-0.2, 0) is 9.53 Å². The molecule has 3 nitrogen and oxygen atoms in total. The third kappa shape index (κ3) is 2.56. The van der Waals surface area contributed by atoms with Gasteiger partial charge in [-0.15, -0.1) is 0 Å².